The average molecular weight is 554 g/mol. The third-order valence-corrected chi connectivity index (χ3v) is 6.67. The van der Waals surface area contributed by atoms with Crippen molar-refractivity contribution in [1.29, 1.82) is 0 Å². The molecule has 0 fully saturated rings. The molecule has 0 aliphatic rings. The summed E-state index contributed by atoms with van der Waals surface area (Å²) in [6.45, 7) is 4.75. The number of alkyl carbamates (subject to hydrolysis) is 1. The fourth-order valence-corrected chi connectivity index (χ4v) is 4.52. The number of rotatable bonds is 7. The minimum Gasteiger partial charge on any atom is -0.504 e. The molecular weight excluding hydrogens is 531 g/mol. The molecule has 2 rings (SSSR count). The lowest BCUT2D eigenvalue weighted by Gasteiger charge is -2.19. The van der Waals surface area contributed by atoms with Gasteiger partial charge in [-0.25, -0.2) is 22.7 Å². The van der Waals surface area contributed by atoms with E-state index in [1.165, 1.54) is 24.3 Å². The van der Waals surface area contributed by atoms with Crippen molar-refractivity contribution in [2.24, 2.45) is 0 Å². The second-order valence-corrected chi connectivity index (χ2v) is 10.7. The van der Waals surface area contributed by atoms with Crippen molar-refractivity contribution < 1.29 is 27.9 Å². The second kappa shape index (κ2) is 11.3. The number of carbonyl (C=O) groups is 2. The zero-order valence-electron chi connectivity index (χ0n) is 18.3. The summed E-state index contributed by atoms with van der Waals surface area (Å²) in [6.07, 6.45) is -0.718. The van der Waals surface area contributed by atoms with E-state index in [9.17, 15) is 23.1 Å². The number of ether oxygens (including phenoxy) is 1. The average Bonchev–Trinajstić information content (AvgIpc) is 2.69. The molecule has 0 bridgehead atoms. The normalized spacial score (nSPS) is 11.6. The van der Waals surface area contributed by atoms with Crippen LogP contribution in [0.4, 0.5) is 21.0 Å². The summed E-state index contributed by atoms with van der Waals surface area (Å²) in [5, 5.41) is 17.7. The van der Waals surface area contributed by atoms with E-state index in [-0.39, 0.29) is 39.5 Å². The van der Waals surface area contributed by atoms with E-state index >= 15 is 0 Å². The number of hydrogen-bond acceptors (Lipinski definition) is 6. The van der Waals surface area contributed by atoms with Gasteiger partial charge in [-0.15, -0.1) is 0 Å². The van der Waals surface area contributed by atoms with Crippen LogP contribution in [-0.4, -0.2) is 44.3 Å². The predicted molar refractivity (Wildman–Crippen MR) is 132 cm³/mol. The third-order valence-electron chi connectivity index (χ3n) is 3.89. The highest BCUT2D eigenvalue weighted by atomic mass is 35.5. The highest BCUT2D eigenvalue weighted by Gasteiger charge is 2.25. The Morgan fingerprint density at radius 2 is 1.62 bits per heavy atom. The molecule has 2 aromatic rings. The quantitative estimate of drug-likeness (QED) is 0.246. The van der Waals surface area contributed by atoms with E-state index in [1.807, 2.05) is 0 Å². The Kier molecular flexibility index (Phi) is 9.26. The summed E-state index contributed by atoms with van der Waals surface area (Å²) >= 11 is 17.9. The summed E-state index contributed by atoms with van der Waals surface area (Å²) in [5.74, 6) is -0.785. The van der Waals surface area contributed by atoms with Crippen molar-refractivity contribution in [3.8, 4) is 5.75 Å². The van der Waals surface area contributed by atoms with Crippen molar-refractivity contribution in [3.63, 3.8) is 0 Å². The first kappa shape index (κ1) is 27.8. The topological polar surface area (TPSA) is 146 Å². The van der Waals surface area contributed by atoms with Crippen molar-refractivity contribution in [2.45, 2.75) is 31.3 Å². The molecule has 0 spiro atoms. The molecule has 0 heterocycles. The Labute approximate surface area is 212 Å². The van der Waals surface area contributed by atoms with Gasteiger partial charge in [0.05, 0.1) is 26.4 Å². The molecule has 0 atom stereocenters. The lowest BCUT2D eigenvalue weighted by Crippen LogP contribution is -2.37. The predicted octanol–water partition coefficient (Wildman–Crippen LogP) is 4.80. The molecule has 0 radical (unpaired) electrons. The van der Waals surface area contributed by atoms with Crippen LogP contribution in [0.3, 0.4) is 0 Å². The molecular formula is C20H23Cl3N4O6S. The molecule has 0 saturated carbocycles. The molecule has 0 aliphatic carbocycles. The SMILES string of the molecule is CC(C)(C)OC(=O)NCCNS(=O)(=O)c1c(Cl)ccc(NC(=O)Nc2cccc(Cl)c2Cl)c1O. The van der Waals surface area contributed by atoms with Crippen LogP contribution in [0.15, 0.2) is 35.2 Å². The Morgan fingerprint density at radius 3 is 2.26 bits per heavy atom. The molecule has 0 aromatic heterocycles. The van der Waals surface area contributed by atoms with E-state index in [4.69, 9.17) is 39.5 Å². The number of halogens is 3. The highest BCUT2D eigenvalue weighted by Crippen LogP contribution is 2.37. The van der Waals surface area contributed by atoms with E-state index in [2.05, 4.69) is 20.7 Å². The van der Waals surface area contributed by atoms with Gasteiger partial charge >= 0.3 is 12.1 Å². The van der Waals surface area contributed by atoms with Crippen LogP contribution in [-0.2, 0) is 14.8 Å². The van der Waals surface area contributed by atoms with E-state index < -0.39 is 38.4 Å². The minimum atomic E-state index is -4.32. The largest absolute Gasteiger partial charge is 0.504 e. The first-order chi connectivity index (χ1) is 15.7. The number of phenols is 1. The summed E-state index contributed by atoms with van der Waals surface area (Å²) in [4.78, 5) is 23.3. The number of benzene rings is 2. The lowest BCUT2D eigenvalue weighted by molar-refractivity contribution is 0.0529. The van der Waals surface area contributed by atoms with Crippen LogP contribution >= 0.6 is 34.8 Å². The molecule has 10 nitrogen and oxygen atoms in total. The van der Waals surface area contributed by atoms with Gasteiger partial charge in [-0.1, -0.05) is 40.9 Å². The van der Waals surface area contributed by atoms with Crippen LogP contribution < -0.4 is 20.7 Å². The molecule has 0 aliphatic heterocycles. The maximum Gasteiger partial charge on any atom is 0.407 e. The molecule has 2 aromatic carbocycles. The number of anilines is 2. The number of carbonyl (C=O) groups excluding carboxylic acids is 2. The van der Waals surface area contributed by atoms with Gasteiger partial charge in [0.15, 0.2) is 5.75 Å². The van der Waals surface area contributed by atoms with E-state index in [0.29, 0.717) is 0 Å². The molecule has 0 unspecified atom stereocenters. The minimum absolute atomic E-state index is 0.0900. The van der Waals surface area contributed by atoms with Gasteiger partial charge in [0, 0.05) is 13.1 Å². The lowest BCUT2D eigenvalue weighted by atomic mass is 10.2. The van der Waals surface area contributed by atoms with Crippen molar-refractivity contribution in [1.82, 2.24) is 10.0 Å². The summed E-state index contributed by atoms with van der Waals surface area (Å²) in [6, 6.07) is 6.19. The van der Waals surface area contributed by atoms with Gasteiger partial charge < -0.3 is 25.8 Å². The molecule has 3 amide bonds. The Hall–Kier alpha value is -2.44. The van der Waals surface area contributed by atoms with Crippen molar-refractivity contribution in [3.05, 3.63) is 45.4 Å². The zero-order chi connectivity index (χ0) is 25.7. The summed E-state index contributed by atoms with van der Waals surface area (Å²) in [5.41, 5.74) is -0.736. The van der Waals surface area contributed by atoms with Gasteiger partial charge in [0.1, 0.15) is 10.5 Å². The number of aromatic hydroxyl groups is 1. The Balaban J connectivity index is 2.09. The van der Waals surface area contributed by atoms with E-state index in [0.717, 1.165) is 0 Å². The first-order valence-corrected chi connectivity index (χ1v) is 12.3. The molecule has 0 saturated heterocycles. The summed E-state index contributed by atoms with van der Waals surface area (Å²) in [7, 11) is -4.32. The van der Waals surface area contributed by atoms with E-state index in [1.54, 1.807) is 26.8 Å². The highest BCUT2D eigenvalue weighted by molar-refractivity contribution is 7.89. The number of urea groups is 1. The molecule has 34 heavy (non-hydrogen) atoms. The zero-order valence-corrected chi connectivity index (χ0v) is 21.4. The van der Waals surface area contributed by atoms with Crippen molar-refractivity contribution >= 4 is 68.3 Å². The Morgan fingerprint density at radius 1 is 0.971 bits per heavy atom. The maximum absolute atomic E-state index is 12.7. The van der Waals surface area contributed by atoms with Gasteiger partial charge in [-0.05, 0) is 45.0 Å². The molecule has 186 valence electrons. The number of nitrogens with one attached hydrogen (secondary N) is 4. The number of phenolic OH excluding ortho intramolecular Hbond substituents is 1. The standard InChI is InChI=1S/C20H23Cl3N4O6S/c1-20(2,3)33-19(30)24-9-10-25-34(31,32)17-12(22)7-8-14(16(17)28)27-18(29)26-13-6-4-5-11(21)15(13)23/h4-8,25,28H,9-10H2,1-3H3,(H,24,30)(H2,26,27,29). The van der Waals surface area contributed by atoms with Crippen LogP contribution in [0, 0.1) is 0 Å². The van der Waals surface area contributed by atoms with Gasteiger partial charge in [-0.3, -0.25) is 0 Å². The van der Waals surface area contributed by atoms with Gasteiger partial charge in [0.2, 0.25) is 10.0 Å². The third kappa shape index (κ3) is 7.81. The monoisotopic (exact) mass is 552 g/mol. The number of amides is 3. The van der Waals surface area contributed by atoms with Crippen LogP contribution in [0.1, 0.15) is 20.8 Å². The van der Waals surface area contributed by atoms with Gasteiger partial charge in [-0.2, -0.15) is 0 Å². The summed E-state index contributed by atoms with van der Waals surface area (Å²) < 4.78 is 32.7. The van der Waals surface area contributed by atoms with Crippen LogP contribution in [0.2, 0.25) is 15.1 Å². The fourth-order valence-electron chi connectivity index (χ4n) is 2.52. The van der Waals surface area contributed by atoms with Crippen molar-refractivity contribution in [2.75, 3.05) is 23.7 Å². The van der Waals surface area contributed by atoms with Gasteiger partial charge in [0.25, 0.3) is 0 Å². The fraction of sp³-hybridized carbons (Fsp3) is 0.300. The number of hydrogen-bond donors (Lipinski definition) is 5. The number of sulfonamides is 1. The van der Waals surface area contributed by atoms with Crippen LogP contribution in [0.5, 0.6) is 5.75 Å². The molecule has 5 N–H and O–H groups in total. The van der Waals surface area contributed by atoms with Crippen LogP contribution in [0.25, 0.3) is 0 Å². The second-order valence-electron chi connectivity index (χ2n) is 7.78. The smallest absolute Gasteiger partial charge is 0.407 e. The molecule has 14 heteroatoms. The first-order valence-electron chi connectivity index (χ1n) is 9.71. The maximum atomic E-state index is 12.7. The Bertz CT molecular complexity index is 1190.